The number of nitrogens with one attached hydrogen (secondary N) is 1. The Morgan fingerprint density at radius 3 is 2.36 bits per heavy atom. The molecular weight excluding hydrogens is 342 g/mol. The fourth-order valence-electron chi connectivity index (χ4n) is 2.85. The van der Waals surface area contributed by atoms with Crippen LogP contribution in [0.1, 0.15) is 66.6 Å². The summed E-state index contributed by atoms with van der Waals surface area (Å²) >= 11 is 0.818. The Hall–Kier alpha value is -2.16. The molecule has 0 bridgehead atoms. The monoisotopic (exact) mass is 367 g/mol. The van der Waals surface area contributed by atoms with E-state index in [0.717, 1.165) is 37.2 Å². The number of hydrogen-bond donors (Lipinski definition) is 3. The van der Waals surface area contributed by atoms with Crippen LogP contribution in [-0.4, -0.2) is 45.1 Å². The van der Waals surface area contributed by atoms with E-state index in [2.05, 4.69) is 9.69 Å². The summed E-state index contributed by atoms with van der Waals surface area (Å²) in [6, 6.07) is 0.180. The number of anilines is 1. The van der Waals surface area contributed by atoms with Crippen LogP contribution in [0.15, 0.2) is 0 Å². The van der Waals surface area contributed by atoms with E-state index >= 15 is 0 Å². The van der Waals surface area contributed by atoms with E-state index in [9.17, 15) is 14.4 Å². The lowest BCUT2D eigenvalue weighted by Crippen LogP contribution is -2.51. The van der Waals surface area contributed by atoms with Crippen LogP contribution < -0.4 is 16.8 Å². The van der Waals surface area contributed by atoms with Gasteiger partial charge in [-0.3, -0.25) is 14.4 Å². The van der Waals surface area contributed by atoms with Gasteiger partial charge in [0.05, 0.1) is 5.69 Å². The van der Waals surface area contributed by atoms with Crippen LogP contribution in [0.2, 0.25) is 0 Å². The van der Waals surface area contributed by atoms with Crippen molar-refractivity contribution in [3.63, 3.8) is 0 Å². The number of amides is 3. The van der Waals surface area contributed by atoms with Crippen LogP contribution in [0.3, 0.4) is 0 Å². The first-order chi connectivity index (χ1) is 11.6. The number of aromatic nitrogens is 1. The predicted molar refractivity (Wildman–Crippen MR) is 96.2 cm³/mol. The number of carbonyl (C=O) groups is 3. The first kappa shape index (κ1) is 19.2. The third kappa shape index (κ3) is 4.47. The molecule has 3 amide bonds. The molecule has 1 fully saturated rings. The average molecular weight is 367 g/mol. The summed E-state index contributed by atoms with van der Waals surface area (Å²) in [5, 5.41) is 2.98. The van der Waals surface area contributed by atoms with Gasteiger partial charge in [0.15, 0.2) is 5.69 Å². The summed E-state index contributed by atoms with van der Waals surface area (Å²) < 4.78 is 3.86. The molecule has 25 heavy (non-hydrogen) atoms. The van der Waals surface area contributed by atoms with Gasteiger partial charge in [0.1, 0.15) is 11.4 Å². The number of hydrogen-bond acceptors (Lipinski definition) is 6. The second kappa shape index (κ2) is 7.38. The minimum absolute atomic E-state index is 0.0343. The smallest absolute Gasteiger partial charge is 0.270 e. The molecule has 1 aromatic heterocycles. The van der Waals surface area contributed by atoms with Crippen LogP contribution >= 0.6 is 11.5 Å². The lowest BCUT2D eigenvalue weighted by atomic mass is 10.1. The highest BCUT2D eigenvalue weighted by Crippen LogP contribution is 2.26. The quantitative estimate of drug-likeness (QED) is 0.717. The van der Waals surface area contributed by atoms with Gasteiger partial charge in [-0.15, -0.1) is 0 Å². The van der Waals surface area contributed by atoms with E-state index in [-0.39, 0.29) is 34.8 Å². The van der Waals surface area contributed by atoms with E-state index in [1.807, 2.05) is 20.8 Å². The zero-order valence-electron chi connectivity index (χ0n) is 14.8. The molecule has 5 N–H and O–H groups in total. The van der Waals surface area contributed by atoms with Crippen LogP contribution in [-0.2, 0) is 4.79 Å². The van der Waals surface area contributed by atoms with E-state index in [0.29, 0.717) is 0 Å². The van der Waals surface area contributed by atoms with Gasteiger partial charge < -0.3 is 21.7 Å². The van der Waals surface area contributed by atoms with Crippen LogP contribution in [0.25, 0.3) is 0 Å². The summed E-state index contributed by atoms with van der Waals surface area (Å²) in [5.74, 6) is -1.42. The zero-order valence-corrected chi connectivity index (χ0v) is 15.6. The largest absolute Gasteiger partial charge is 0.395 e. The maximum absolute atomic E-state index is 12.9. The van der Waals surface area contributed by atoms with Crippen LogP contribution in [0.5, 0.6) is 0 Å². The van der Waals surface area contributed by atoms with E-state index in [4.69, 9.17) is 11.5 Å². The molecule has 0 aliphatic heterocycles. The molecular formula is C16H25N5O3S. The Bertz CT molecular complexity index is 674. The highest BCUT2D eigenvalue weighted by Gasteiger charge is 2.33. The maximum atomic E-state index is 12.9. The zero-order chi connectivity index (χ0) is 18.8. The summed E-state index contributed by atoms with van der Waals surface area (Å²) in [5.41, 5.74) is 10.3. The molecule has 0 aromatic carbocycles. The van der Waals surface area contributed by atoms with Crippen molar-refractivity contribution in [2.45, 2.75) is 58.0 Å². The molecule has 138 valence electrons. The lowest BCUT2D eigenvalue weighted by Gasteiger charge is -2.35. The van der Waals surface area contributed by atoms with Gasteiger partial charge in [0.25, 0.3) is 11.8 Å². The van der Waals surface area contributed by atoms with Crippen molar-refractivity contribution < 1.29 is 14.4 Å². The number of nitrogen functional groups attached to an aromatic ring is 1. The Balaban J connectivity index is 2.18. The van der Waals surface area contributed by atoms with Crippen LogP contribution in [0, 0.1) is 0 Å². The molecule has 1 saturated carbocycles. The van der Waals surface area contributed by atoms with Gasteiger partial charge in [0.2, 0.25) is 5.91 Å². The van der Waals surface area contributed by atoms with Gasteiger partial charge in [-0.05, 0) is 45.1 Å². The van der Waals surface area contributed by atoms with Gasteiger partial charge in [-0.1, -0.05) is 12.8 Å². The highest BCUT2D eigenvalue weighted by molar-refractivity contribution is 7.09. The maximum Gasteiger partial charge on any atom is 0.270 e. The molecule has 2 rings (SSSR count). The second-order valence-electron chi connectivity index (χ2n) is 7.25. The van der Waals surface area contributed by atoms with Crippen molar-refractivity contribution in [1.82, 2.24) is 14.6 Å². The minimum Gasteiger partial charge on any atom is -0.395 e. The van der Waals surface area contributed by atoms with E-state index in [1.54, 1.807) is 0 Å². The molecule has 0 radical (unpaired) electrons. The normalized spacial score (nSPS) is 15.2. The molecule has 9 heteroatoms. The Kier molecular flexibility index (Phi) is 5.66. The standard InChI is InChI=1S/C16H25N5O3S/c1-16(2,3)21(8-10(22)19-9-6-4-5-7-9)15(24)13-11(17)12(14(18)23)20-25-13/h9H,4-8,17H2,1-3H3,(H2,18,23)(H,19,22). The van der Waals surface area contributed by atoms with E-state index < -0.39 is 17.4 Å². The molecule has 1 aromatic rings. The topological polar surface area (TPSA) is 131 Å². The second-order valence-corrected chi connectivity index (χ2v) is 8.02. The molecule has 0 unspecified atom stereocenters. The summed E-state index contributed by atoms with van der Waals surface area (Å²) in [4.78, 5) is 38.1. The number of rotatable bonds is 5. The molecule has 0 atom stereocenters. The summed E-state index contributed by atoms with van der Waals surface area (Å²) in [6.07, 6.45) is 4.16. The van der Waals surface area contributed by atoms with Crippen LogP contribution in [0.4, 0.5) is 5.69 Å². The molecule has 0 spiro atoms. The van der Waals surface area contributed by atoms with Crippen molar-refractivity contribution in [2.75, 3.05) is 12.3 Å². The Morgan fingerprint density at radius 1 is 1.28 bits per heavy atom. The minimum atomic E-state index is -0.783. The Morgan fingerprint density at radius 2 is 1.88 bits per heavy atom. The van der Waals surface area contributed by atoms with Gasteiger partial charge in [-0.25, -0.2) is 0 Å². The third-order valence-corrected chi connectivity index (χ3v) is 5.08. The first-order valence-corrected chi connectivity index (χ1v) is 9.05. The van der Waals surface area contributed by atoms with Crippen molar-refractivity contribution in [3.05, 3.63) is 10.6 Å². The number of nitrogens with two attached hydrogens (primary N) is 2. The van der Waals surface area contributed by atoms with Gasteiger partial charge in [0, 0.05) is 11.6 Å². The highest BCUT2D eigenvalue weighted by atomic mass is 32.1. The first-order valence-electron chi connectivity index (χ1n) is 8.27. The number of nitrogens with zero attached hydrogens (tertiary/aromatic N) is 2. The fraction of sp³-hybridized carbons (Fsp3) is 0.625. The predicted octanol–water partition coefficient (Wildman–Crippen LogP) is 1.12. The SMILES string of the molecule is CC(C)(C)N(CC(=O)NC1CCCC1)C(=O)c1snc(C(N)=O)c1N. The molecule has 1 aliphatic carbocycles. The van der Waals surface area contributed by atoms with Gasteiger partial charge >= 0.3 is 0 Å². The third-order valence-electron chi connectivity index (χ3n) is 4.23. The lowest BCUT2D eigenvalue weighted by molar-refractivity contribution is -0.123. The molecule has 1 heterocycles. The summed E-state index contributed by atoms with van der Waals surface area (Å²) in [6.45, 7) is 5.42. The molecule has 0 saturated heterocycles. The van der Waals surface area contributed by atoms with Gasteiger partial charge in [-0.2, -0.15) is 4.37 Å². The van der Waals surface area contributed by atoms with Crippen molar-refractivity contribution >= 4 is 34.9 Å². The molecule has 1 aliphatic rings. The average Bonchev–Trinajstić information content (AvgIpc) is 3.12. The van der Waals surface area contributed by atoms with Crippen molar-refractivity contribution in [3.8, 4) is 0 Å². The molecule has 8 nitrogen and oxygen atoms in total. The van der Waals surface area contributed by atoms with Crippen molar-refractivity contribution in [2.24, 2.45) is 5.73 Å². The summed E-state index contributed by atoms with van der Waals surface area (Å²) in [7, 11) is 0. The fourth-order valence-corrected chi connectivity index (χ4v) is 3.61. The van der Waals surface area contributed by atoms with Crippen molar-refractivity contribution in [1.29, 1.82) is 0 Å². The Labute approximate surface area is 151 Å². The van der Waals surface area contributed by atoms with E-state index in [1.165, 1.54) is 4.90 Å². The number of carbonyl (C=O) groups excluding carboxylic acids is 3. The number of primary amides is 1.